The second-order valence-corrected chi connectivity index (χ2v) is 8.59. The second-order valence-electron chi connectivity index (χ2n) is 6.33. The maximum atomic E-state index is 11.2. The van der Waals surface area contributed by atoms with E-state index in [1.54, 1.807) is 13.2 Å². The van der Waals surface area contributed by atoms with Gasteiger partial charge in [-0.25, -0.2) is 13.1 Å². The first-order valence-corrected chi connectivity index (χ1v) is 10.7. The van der Waals surface area contributed by atoms with Crippen LogP contribution in [0.25, 0.3) is 5.69 Å². The molecule has 0 aliphatic heterocycles. The molecule has 0 saturated heterocycles. The van der Waals surface area contributed by atoms with Gasteiger partial charge in [0.15, 0.2) is 5.96 Å². The number of aromatic nitrogens is 2. The normalized spacial score (nSPS) is 13.4. The first-order chi connectivity index (χ1) is 12.4. The summed E-state index contributed by atoms with van der Waals surface area (Å²) in [6.07, 6.45) is 6.33. The van der Waals surface area contributed by atoms with Crippen LogP contribution in [0.1, 0.15) is 18.9 Å². The van der Waals surface area contributed by atoms with Crippen LogP contribution in [0, 0.1) is 0 Å². The van der Waals surface area contributed by atoms with Gasteiger partial charge in [0.25, 0.3) is 0 Å². The lowest BCUT2D eigenvalue weighted by Crippen LogP contribution is -2.43. The average Bonchev–Trinajstić information content (AvgIpc) is 3.13. The highest BCUT2D eigenvalue weighted by Crippen LogP contribution is 2.08. The van der Waals surface area contributed by atoms with Crippen molar-refractivity contribution in [2.75, 3.05) is 25.6 Å². The zero-order valence-electron chi connectivity index (χ0n) is 15.5. The van der Waals surface area contributed by atoms with Gasteiger partial charge in [0, 0.05) is 38.3 Å². The molecule has 2 aromatic rings. The first kappa shape index (κ1) is 20.0. The summed E-state index contributed by atoms with van der Waals surface area (Å²) in [5.41, 5.74) is 2.25. The van der Waals surface area contributed by atoms with E-state index in [-0.39, 0.29) is 11.8 Å². The summed E-state index contributed by atoms with van der Waals surface area (Å²) in [4.78, 5) is 4.18. The van der Waals surface area contributed by atoms with Crippen molar-refractivity contribution in [3.05, 3.63) is 48.3 Å². The van der Waals surface area contributed by atoms with Crippen molar-refractivity contribution in [1.82, 2.24) is 20.4 Å². The predicted octanol–water partition coefficient (Wildman–Crippen LogP) is 1.40. The zero-order chi connectivity index (χ0) is 19.0. The van der Waals surface area contributed by atoms with Gasteiger partial charge in [0.2, 0.25) is 0 Å². The molecule has 0 amide bonds. The van der Waals surface area contributed by atoms with Gasteiger partial charge < -0.3 is 10.6 Å². The molecule has 0 fully saturated rings. The fourth-order valence-corrected chi connectivity index (χ4v) is 3.23. The minimum Gasteiger partial charge on any atom is -0.356 e. The van der Waals surface area contributed by atoms with E-state index >= 15 is 0 Å². The third kappa shape index (κ3) is 6.87. The van der Waals surface area contributed by atoms with E-state index < -0.39 is 9.84 Å². The SMILES string of the molecule is CN=C(NCCc1ccc(-n2cccn2)cc1)NC(C)CCS(C)(=O)=O. The Morgan fingerprint density at radius 1 is 1.31 bits per heavy atom. The van der Waals surface area contributed by atoms with Crippen LogP contribution in [0.15, 0.2) is 47.7 Å². The summed E-state index contributed by atoms with van der Waals surface area (Å²) in [5, 5.41) is 10.7. The lowest BCUT2D eigenvalue weighted by Gasteiger charge is -2.17. The van der Waals surface area contributed by atoms with Crippen LogP contribution in [0.4, 0.5) is 0 Å². The smallest absolute Gasteiger partial charge is 0.191 e. The molecule has 142 valence electrons. The topological polar surface area (TPSA) is 88.4 Å². The lowest BCUT2D eigenvalue weighted by atomic mass is 10.1. The third-order valence-electron chi connectivity index (χ3n) is 3.94. The van der Waals surface area contributed by atoms with E-state index in [9.17, 15) is 8.42 Å². The Bertz CT molecular complexity index is 799. The summed E-state index contributed by atoms with van der Waals surface area (Å²) in [6.45, 7) is 2.69. The summed E-state index contributed by atoms with van der Waals surface area (Å²) in [7, 11) is -1.24. The molecule has 0 aliphatic rings. The van der Waals surface area contributed by atoms with Gasteiger partial charge in [0.1, 0.15) is 9.84 Å². The Morgan fingerprint density at radius 3 is 2.62 bits per heavy atom. The van der Waals surface area contributed by atoms with Crippen molar-refractivity contribution >= 4 is 15.8 Å². The van der Waals surface area contributed by atoms with E-state index in [1.165, 1.54) is 11.8 Å². The number of hydrogen-bond donors (Lipinski definition) is 2. The number of aliphatic imine (C=N–C) groups is 1. The van der Waals surface area contributed by atoms with Crippen molar-refractivity contribution in [3.63, 3.8) is 0 Å². The minimum atomic E-state index is -2.94. The van der Waals surface area contributed by atoms with Crippen LogP contribution in [-0.2, 0) is 16.3 Å². The molecule has 1 aromatic heterocycles. The van der Waals surface area contributed by atoms with Crippen LogP contribution in [0.5, 0.6) is 0 Å². The van der Waals surface area contributed by atoms with E-state index in [0.29, 0.717) is 12.4 Å². The summed E-state index contributed by atoms with van der Waals surface area (Å²) >= 11 is 0. The minimum absolute atomic E-state index is 0.0317. The Morgan fingerprint density at radius 2 is 2.04 bits per heavy atom. The highest BCUT2D eigenvalue weighted by molar-refractivity contribution is 7.90. The quantitative estimate of drug-likeness (QED) is 0.536. The van der Waals surface area contributed by atoms with Crippen molar-refractivity contribution in [1.29, 1.82) is 0 Å². The van der Waals surface area contributed by atoms with Crippen LogP contribution in [0.3, 0.4) is 0 Å². The highest BCUT2D eigenvalue weighted by Gasteiger charge is 2.09. The van der Waals surface area contributed by atoms with E-state index in [0.717, 1.165) is 18.7 Å². The van der Waals surface area contributed by atoms with Gasteiger partial charge >= 0.3 is 0 Å². The molecule has 0 radical (unpaired) electrons. The maximum absolute atomic E-state index is 11.2. The number of sulfone groups is 1. The fraction of sp³-hybridized carbons (Fsp3) is 0.444. The van der Waals surface area contributed by atoms with E-state index in [1.807, 2.05) is 36.0 Å². The predicted molar refractivity (Wildman–Crippen MR) is 106 cm³/mol. The largest absolute Gasteiger partial charge is 0.356 e. The van der Waals surface area contributed by atoms with Crippen molar-refractivity contribution in [2.45, 2.75) is 25.8 Å². The summed E-state index contributed by atoms with van der Waals surface area (Å²) in [6, 6.07) is 10.2. The number of guanidine groups is 1. The Balaban J connectivity index is 1.76. The van der Waals surface area contributed by atoms with Gasteiger partial charge in [-0.15, -0.1) is 0 Å². The van der Waals surface area contributed by atoms with E-state index in [4.69, 9.17) is 0 Å². The molecule has 0 aliphatic carbocycles. The Labute approximate surface area is 155 Å². The number of nitrogens with one attached hydrogen (secondary N) is 2. The molecule has 1 atom stereocenters. The molecular formula is C18H27N5O2S. The van der Waals surface area contributed by atoms with Crippen molar-refractivity contribution < 1.29 is 8.42 Å². The van der Waals surface area contributed by atoms with Crippen LogP contribution >= 0.6 is 0 Å². The standard InChI is InChI=1S/C18H27N5O2S/c1-15(10-14-26(3,24)25)22-18(19-2)20-12-9-16-5-7-17(8-6-16)23-13-4-11-21-23/h4-8,11,13,15H,9-10,12,14H2,1-3H3,(H2,19,20,22). The average molecular weight is 378 g/mol. The number of benzene rings is 1. The summed E-state index contributed by atoms with van der Waals surface area (Å²) in [5.74, 6) is 0.847. The first-order valence-electron chi connectivity index (χ1n) is 8.61. The molecule has 1 unspecified atom stereocenters. The van der Waals surface area contributed by atoms with E-state index in [2.05, 4.69) is 32.9 Å². The molecule has 1 heterocycles. The van der Waals surface area contributed by atoms with Crippen LogP contribution in [0.2, 0.25) is 0 Å². The van der Waals surface area contributed by atoms with Crippen LogP contribution < -0.4 is 10.6 Å². The van der Waals surface area contributed by atoms with Crippen LogP contribution in [-0.4, -0.2) is 55.8 Å². The number of hydrogen-bond acceptors (Lipinski definition) is 4. The molecule has 1 aromatic carbocycles. The maximum Gasteiger partial charge on any atom is 0.191 e. The van der Waals surface area contributed by atoms with Gasteiger partial charge in [-0.2, -0.15) is 5.10 Å². The Hall–Kier alpha value is -2.35. The van der Waals surface area contributed by atoms with Crippen molar-refractivity contribution in [3.8, 4) is 5.69 Å². The second kappa shape index (κ2) is 9.38. The Kier molecular flexibility index (Phi) is 7.20. The third-order valence-corrected chi connectivity index (χ3v) is 4.92. The molecular weight excluding hydrogens is 350 g/mol. The zero-order valence-corrected chi connectivity index (χ0v) is 16.3. The molecule has 0 spiro atoms. The molecule has 0 saturated carbocycles. The fourth-order valence-electron chi connectivity index (χ4n) is 2.45. The molecule has 2 N–H and O–H groups in total. The monoisotopic (exact) mass is 377 g/mol. The van der Waals surface area contributed by atoms with Gasteiger partial charge in [-0.3, -0.25) is 4.99 Å². The molecule has 26 heavy (non-hydrogen) atoms. The van der Waals surface area contributed by atoms with Gasteiger partial charge in [-0.05, 0) is 43.5 Å². The van der Waals surface area contributed by atoms with Crippen molar-refractivity contribution in [2.24, 2.45) is 4.99 Å². The molecule has 7 nitrogen and oxygen atoms in total. The molecule has 8 heteroatoms. The lowest BCUT2D eigenvalue weighted by molar-refractivity contribution is 0.581. The number of rotatable bonds is 8. The van der Waals surface area contributed by atoms with Gasteiger partial charge in [-0.1, -0.05) is 12.1 Å². The number of nitrogens with zero attached hydrogens (tertiary/aromatic N) is 3. The van der Waals surface area contributed by atoms with Gasteiger partial charge in [0.05, 0.1) is 11.4 Å². The summed E-state index contributed by atoms with van der Waals surface area (Å²) < 4.78 is 24.3. The highest BCUT2D eigenvalue weighted by atomic mass is 32.2. The molecule has 2 rings (SSSR count). The molecule has 0 bridgehead atoms.